The molecule has 2 aromatic heterocycles. The third-order valence-corrected chi connectivity index (χ3v) is 5.79. The van der Waals surface area contributed by atoms with Crippen molar-refractivity contribution in [3.8, 4) is 5.75 Å². The number of para-hydroxylation sites is 2. The maximum absolute atomic E-state index is 13.7. The summed E-state index contributed by atoms with van der Waals surface area (Å²) in [7, 11) is 1.79. The normalized spacial score (nSPS) is 11.0. The first-order valence-electron chi connectivity index (χ1n) is 11.2. The van der Waals surface area contributed by atoms with E-state index in [0.717, 1.165) is 23.0 Å². The van der Waals surface area contributed by atoms with Gasteiger partial charge >= 0.3 is 5.97 Å². The summed E-state index contributed by atoms with van der Waals surface area (Å²) in [6.45, 7) is 3.59. The van der Waals surface area contributed by atoms with Gasteiger partial charge in [0.25, 0.3) is 0 Å². The number of halogens is 1. The number of anilines is 1. The topological polar surface area (TPSA) is 80.5 Å². The van der Waals surface area contributed by atoms with Gasteiger partial charge in [-0.1, -0.05) is 30.3 Å². The molecule has 0 radical (unpaired) electrons. The quantitative estimate of drug-likeness (QED) is 0.371. The summed E-state index contributed by atoms with van der Waals surface area (Å²) >= 11 is 0. The number of rotatable bonds is 10. The Morgan fingerprint density at radius 3 is 2.68 bits per heavy atom. The van der Waals surface area contributed by atoms with E-state index >= 15 is 0 Å². The van der Waals surface area contributed by atoms with Gasteiger partial charge in [-0.05, 0) is 43.5 Å². The van der Waals surface area contributed by atoms with Crippen LogP contribution >= 0.6 is 0 Å². The lowest BCUT2D eigenvalue weighted by atomic mass is 10.0. The van der Waals surface area contributed by atoms with E-state index in [1.165, 1.54) is 12.3 Å². The molecular weight excluding hydrogens is 435 g/mol. The third-order valence-electron chi connectivity index (χ3n) is 5.79. The number of fused-ring (bicyclic) bond motifs is 1. The maximum Gasteiger partial charge on any atom is 0.339 e. The van der Waals surface area contributed by atoms with Crippen LogP contribution in [0.15, 0.2) is 60.9 Å². The number of carbonyl (C=O) groups is 1. The standard InChI is InChI=1S/C26H27FN4O3/c1-3-31-17-18(19-8-4-6-10-23(19)31)12-13-22-20(25(32)33)16-28-26(29-22)30(2)14-15-34-24-11-7-5-9-21(24)27/h4-11,16-17H,3,12-15H2,1-2H3,(H,32,33). The molecule has 1 N–H and O–H groups in total. The molecule has 8 heteroatoms. The van der Waals surface area contributed by atoms with E-state index in [9.17, 15) is 14.3 Å². The van der Waals surface area contributed by atoms with Gasteiger partial charge in [0.1, 0.15) is 6.61 Å². The van der Waals surface area contributed by atoms with Gasteiger partial charge in [-0.2, -0.15) is 0 Å². The highest BCUT2D eigenvalue weighted by Crippen LogP contribution is 2.23. The van der Waals surface area contributed by atoms with Crippen LogP contribution in [-0.2, 0) is 19.4 Å². The second-order valence-corrected chi connectivity index (χ2v) is 7.99. The molecule has 0 saturated heterocycles. The fraction of sp³-hybridized carbons (Fsp3) is 0.269. The Kier molecular flexibility index (Phi) is 7.06. The number of carboxylic acid groups (broad SMARTS) is 1. The molecule has 0 fully saturated rings. The van der Waals surface area contributed by atoms with Crippen molar-refractivity contribution >= 4 is 22.8 Å². The zero-order valence-corrected chi connectivity index (χ0v) is 19.2. The van der Waals surface area contributed by atoms with Gasteiger partial charge in [0.15, 0.2) is 11.6 Å². The number of nitrogens with zero attached hydrogens (tertiary/aromatic N) is 4. The summed E-state index contributed by atoms with van der Waals surface area (Å²) in [6.07, 6.45) is 4.60. The van der Waals surface area contributed by atoms with Crippen LogP contribution in [0.2, 0.25) is 0 Å². The van der Waals surface area contributed by atoms with E-state index in [0.29, 0.717) is 31.0 Å². The number of benzene rings is 2. The van der Waals surface area contributed by atoms with Crippen LogP contribution < -0.4 is 9.64 Å². The Labute approximate surface area is 197 Å². The molecule has 0 aliphatic carbocycles. The summed E-state index contributed by atoms with van der Waals surface area (Å²) in [4.78, 5) is 22.3. The average Bonchev–Trinajstić information content (AvgIpc) is 3.21. The van der Waals surface area contributed by atoms with Gasteiger partial charge in [0, 0.05) is 36.9 Å². The van der Waals surface area contributed by atoms with E-state index < -0.39 is 11.8 Å². The van der Waals surface area contributed by atoms with Crippen molar-refractivity contribution in [2.75, 3.05) is 25.1 Å². The minimum absolute atomic E-state index is 0.0963. The number of aromatic nitrogens is 3. The van der Waals surface area contributed by atoms with Gasteiger partial charge in [0.05, 0.1) is 17.8 Å². The number of ether oxygens (including phenoxy) is 1. The van der Waals surface area contributed by atoms with E-state index in [-0.39, 0.29) is 17.9 Å². The molecule has 34 heavy (non-hydrogen) atoms. The fourth-order valence-corrected chi connectivity index (χ4v) is 3.95. The van der Waals surface area contributed by atoms with Crippen molar-refractivity contribution in [1.29, 1.82) is 0 Å². The second-order valence-electron chi connectivity index (χ2n) is 7.99. The highest BCUT2D eigenvalue weighted by atomic mass is 19.1. The Morgan fingerprint density at radius 1 is 1.15 bits per heavy atom. The number of aryl methyl sites for hydroxylation is 3. The molecule has 0 unspecified atom stereocenters. The highest BCUT2D eigenvalue weighted by Gasteiger charge is 2.17. The molecule has 0 aliphatic rings. The molecule has 0 saturated carbocycles. The molecule has 0 spiro atoms. The Bertz CT molecular complexity index is 1300. The van der Waals surface area contributed by atoms with Crippen LogP contribution in [0.4, 0.5) is 10.3 Å². The van der Waals surface area contributed by atoms with Crippen molar-refractivity contribution in [2.24, 2.45) is 0 Å². The molecule has 0 bridgehead atoms. The number of likely N-dealkylation sites (N-methyl/N-ethyl adjacent to an activating group) is 1. The lowest BCUT2D eigenvalue weighted by molar-refractivity contribution is 0.0694. The van der Waals surface area contributed by atoms with Crippen LogP contribution in [0.3, 0.4) is 0 Å². The minimum atomic E-state index is -1.05. The molecule has 0 amide bonds. The second kappa shape index (κ2) is 10.3. The summed E-state index contributed by atoms with van der Waals surface area (Å²) in [5.74, 6) is -0.889. The number of carboxylic acids is 1. The molecular formula is C26H27FN4O3. The van der Waals surface area contributed by atoms with Crippen LogP contribution in [0.5, 0.6) is 5.75 Å². The number of hydrogen-bond acceptors (Lipinski definition) is 5. The average molecular weight is 463 g/mol. The lowest BCUT2D eigenvalue weighted by Gasteiger charge is -2.18. The van der Waals surface area contributed by atoms with Crippen molar-refractivity contribution in [1.82, 2.24) is 14.5 Å². The molecule has 0 aliphatic heterocycles. The zero-order chi connectivity index (χ0) is 24.1. The highest BCUT2D eigenvalue weighted by molar-refractivity contribution is 5.88. The third kappa shape index (κ3) is 5.01. The van der Waals surface area contributed by atoms with Gasteiger partial charge in [-0.25, -0.2) is 19.2 Å². The van der Waals surface area contributed by atoms with Crippen LogP contribution in [0.25, 0.3) is 10.9 Å². The molecule has 176 valence electrons. The zero-order valence-electron chi connectivity index (χ0n) is 19.2. The molecule has 7 nitrogen and oxygen atoms in total. The number of aromatic carboxylic acids is 1. The molecule has 4 aromatic rings. The van der Waals surface area contributed by atoms with Crippen LogP contribution in [0, 0.1) is 5.82 Å². The van der Waals surface area contributed by atoms with Crippen LogP contribution in [0.1, 0.15) is 28.5 Å². The summed E-state index contributed by atoms with van der Waals surface area (Å²) in [5.41, 5.74) is 2.89. The molecule has 2 heterocycles. The monoisotopic (exact) mass is 462 g/mol. The first-order chi connectivity index (χ1) is 16.5. The number of hydrogen-bond donors (Lipinski definition) is 1. The SMILES string of the molecule is CCn1cc(CCc2nc(N(C)CCOc3ccccc3F)ncc2C(=O)O)c2ccccc21. The predicted octanol–water partition coefficient (Wildman–Crippen LogP) is 4.59. The summed E-state index contributed by atoms with van der Waals surface area (Å²) < 4.78 is 21.4. The predicted molar refractivity (Wildman–Crippen MR) is 129 cm³/mol. The minimum Gasteiger partial charge on any atom is -0.489 e. The lowest BCUT2D eigenvalue weighted by Crippen LogP contribution is -2.26. The van der Waals surface area contributed by atoms with E-state index in [2.05, 4.69) is 39.8 Å². The summed E-state index contributed by atoms with van der Waals surface area (Å²) in [6, 6.07) is 14.4. The van der Waals surface area contributed by atoms with Gasteiger partial charge in [-0.15, -0.1) is 0 Å². The van der Waals surface area contributed by atoms with Crippen molar-refractivity contribution in [2.45, 2.75) is 26.3 Å². The Balaban J connectivity index is 1.49. The fourth-order valence-electron chi connectivity index (χ4n) is 3.95. The van der Waals surface area contributed by atoms with Crippen molar-refractivity contribution in [3.63, 3.8) is 0 Å². The molecule has 4 rings (SSSR count). The summed E-state index contributed by atoms with van der Waals surface area (Å²) in [5, 5.41) is 10.8. The first-order valence-corrected chi connectivity index (χ1v) is 11.2. The van der Waals surface area contributed by atoms with Gasteiger partial charge < -0.3 is 19.3 Å². The molecule has 2 aromatic carbocycles. The van der Waals surface area contributed by atoms with Crippen molar-refractivity contribution < 1.29 is 19.0 Å². The van der Waals surface area contributed by atoms with Gasteiger partial charge in [0.2, 0.25) is 5.95 Å². The largest absolute Gasteiger partial charge is 0.489 e. The Hall–Kier alpha value is -3.94. The first kappa shape index (κ1) is 23.2. The van der Waals surface area contributed by atoms with E-state index in [1.807, 2.05) is 12.1 Å². The maximum atomic E-state index is 13.7. The van der Waals surface area contributed by atoms with E-state index in [1.54, 1.807) is 30.1 Å². The Morgan fingerprint density at radius 2 is 1.91 bits per heavy atom. The van der Waals surface area contributed by atoms with Crippen molar-refractivity contribution in [3.05, 3.63) is 83.6 Å². The van der Waals surface area contributed by atoms with E-state index in [4.69, 9.17) is 4.74 Å². The van der Waals surface area contributed by atoms with Gasteiger partial charge in [-0.3, -0.25) is 0 Å². The van der Waals surface area contributed by atoms with Crippen LogP contribution in [-0.4, -0.2) is 45.8 Å². The molecule has 0 atom stereocenters. The smallest absolute Gasteiger partial charge is 0.339 e.